The van der Waals surface area contributed by atoms with E-state index in [0.29, 0.717) is 19.4 Å². The van der Waals surface area contributed by atoms with Gasteiger partial charge in [0.15, 0.2) is 0 Å². The van der Waals surface area contributed by atoms with Crippen LogP contribution in [-0.4, -0.2) is 71.2 Å². The molecule has 2 aliphatic carbocycles. The zero-order valence-electron chi connectivity index (χ0n) is 32.1. The van der Waals surface area contributed by atoms with Gasteiger partial charge in [-0.25, -0.2) is 4.79 Å². The number of carbonyl (C=O) groups is 5. The fourth-order valence-corrected chi connectivity index (χ4v) is 8.46. The van der Waals surface area contributed by atoms with Gasteiger partial charge in [0.2, 0.25) is 17.6 Å². The van der Waals surface area contributed by atoms with Gasteiger partial charge in [-0.2, -0.15) is 0 Å². The second-order valence-electron chi connectivity index (χ2n) is 18.1. The van der Waals surface area contributed by atoms with E-state index in [9.17, 15) is 24.0 Å². The molecule has 1 unspecified atom stereocenters. The second kappa shape index (κ2) is 16.4. The van der Waals surface area contributed by atoms with Crippen molar-refractivity contribution < 1.29 is 24.0 Å². The molecule has 3 fully saturated rings. The highest BCUT2D eigenvalue weighted by atomic mass is 16.2. The molecule has 3 aliphatic rings. The van der Waals surface area contributed by atoms with Crippen molar-refractivity contribution in [2.75, 3.05) is 13.1 Å². The van der Waals surface area contributed by atoms with Crippen molar-refractivity contribution >= 4 is 29.5 Å². The van der Waals surface area contributed by atoms with Crippen LogP contribution in [0.1, 0.15) is 139 Å². The van der Waals surface area contributed by atoms with Gasteiger partial charge in [-0.1, -0.05) is 100 Å². The molecule has 5 atom stereocenters. The van der Waals surface area contributed by atoms with Crippen molar-refractivity contribution in [1.29, 1.82) is 0 Å². The molecule has 3 rings (SSSR count). The third-order valence-electron chi connectivity index (χ3n) is 11.3. The lowest BCUT2D eigenvalue weighted by atomic mass is 9.76. The average molecular weight is 686 g/mol. The Labute approximate surface area is 296 Å². The van der Waals surface area contributed by atoms with Gasteiger partial charge in [0.25, 0.3) is 5.91 Å². The summed E-state index contributed by atoms with van der Waals surface area (Å²) in [7, 11) is 0. The van der Waals surface area contributed by atoms with E-state index in [1.807, 2.05) is 27.7 Å². The number of urea groups is 1. The van der Waals surface area contributed by atoms with E-state index in [2.05, 4.69) is 62.5 Å². The van der Waals surface area contributed by atoms with E-state index in [1.165, 1.54) is 6.08 Å². The molecule has 10 heteroatoms. The van der Waals surface area contributed by atoms with Crippen LogP contribution in [0.2, 0.25) is 0 Å². The lowest BCUT2D eigenvalue weighted by molar-refractivity contribution is -0.144. The zero-order valence-corrected chi connectivity index (χ0v) is 32.1. The molecule has 0 bridgehead atoms. The molecule has 49 heavy (non-hydrogen) atoms. The summed E-state index contributed by atoms with van der Waals surface area (Å²) in [5.74, 6) is -2.18. The van der Waals surface area contributed by atoms with Crippen LogP contribution in [0.15, 0.2) is 12.7 Å². The van der Waals surface area contributed by atoms with Gasteiger partial charge in [0.1, 0.15) is 12.1 Å². The van der Waals surface area contributed by atoms with Gasteiger partial charge in [0.05, 0.1) is 6.04 Å². The van der Waals surface area contributed by atoms with E-state index in [4.69, 9.17) is 0 Å². The molecule has 0 aromatic heterocycles. The van der Waals surface area contributed by atoms with Crippen LogP contribution in [0.4, 0.5) is 4.79 Å². The standard InChI is InChI=1S/C39H67N5O5/c1-11-17-28(30(45)33(47)40-24-12-2)41-32(46)29-26-18-23-38(9,10)27(26)25-44(29)34(48)31(37(6,7)8)42-35(49)43-39(20-14-13-15-21-39)22-16-19-36(3,4)5/h12,26-29,31H,2,11,13-25H2,1,3-10H3,(H,40,47)(H,41,46)(H2,42,43,49)/t26-,27-,28?,29-,31+/m0/s1. The lowest BCUT2D eigenvalue weighted by Gasteiger charge is -2.41. The van der Waals surface area contributed by atoms with Crippen LogP contribution in [-0.2, 0) is 19.2 Å². The summed E-state index contributed by atoms with van der Waals surface area (Å²) in [6, 6.07) is -3.03. The minimum Gasteiger partial charge on any atom is -0.346 e. The SMILES string of the molecule is C=CCNC(=O)C(=O)C(CCC)NC(=O)[C@@H]1[C@H]2CCC(C)(C)[C@H]2CN1C(=O)[C@@H](NC(=O)NC1(CCCC(C)(C)C)CCCCC1)C(C)(C)C. The summed E-state index contributed by atoms with van der Waals surface area (Å²) >= 11 is 0. The number of rotatable bonds is 14. The van der Waals surface area contributed by atoms with Crippen LogP contribution in [0.25, 0.3) is 0 Å². The first-order chi connectivity index (χ1) is 22.7. The lowest BCUT2D eigenvalue weighted by Crippen LogP contribution is -2.62. The summed E-state index contributed by atoms with van der Waals surface area (Å²) in [6.45, 7) is 22.9. The Morgan fingerprint density at radius 3 is 2.18 bits per heavy atom. The van der Waals surface area contributed by atoms with Gasteiger partial charge >= 0.3 is 6.03 Å². The van der Waals surface area contributed by atoms with E-state index < -0.39 is 41.1 Å². The van der Waals surface area contributed by atoms with Crippen LogP contribution >= 0.6 is 0 Å². The third-order valence-corrected chi connectivity index (χ3v) is 11.3. The van der Waals surface area contributed by atoms with Crippen molar-refractivity contribution in [2.45, 2.75) is 163 Å². The Hall–Kier alpha value is -2.91. The first kappa shape index (κ1) is 40.5. The monoisotopic (exact) mass is 686 g/mol. The van der Waals surface area contributed by atoms with Crippen LogP contribution < -0.4 is 21.3 Å². The maximum absolute atomic E-state index is 14.7. The Kier molecular flexibility index (Phi) is 13.6. The number of likely N-dealkylation sites (tertiary alicyclic amines) is 1. The molecule has 0 aromatic carbocycles. The molecule has 10 nitrogen and oxygen atoms in total. The van der Waals surface area contributed by atoms with Crippen LogP contribution in [0.5, 0.6) is 0 Å². The molecule has 0 spiro atoms. The van der Waals surface area contributed by atoms with E-state index >= 15 is 0 Å². The molecule has 278 valence electrons. The van der Waals surface area contributed by atoms with E-state index in [1.54, 1.807) is 4.90 Å². The summed E-state index contributed by atoms with van der Waals surface area (Å²) in [6.07, 6.45) is 12.2. The maximum Gasteiger partial charge on any atom is 0.315 e. The van der Waals surface area contributed by atoms with Crippen molar-refractivity contribution in [2.24, 2.45) is 28.1 Å². The summed E-state index contributed by atoms with van der Waals surface area (Å²) in [4.78, 5) is 70.0. The highest BCUT2D eigenvalue weighted by molar-refractivity contribution is 6.38. The average Bonchev–Trinajstić information content (AvgIpc) is 3.53. The maximum atomic E-state index is 14.7. The van der Waals surface area contributed by atoms with E-state index in [0.717, 1.165) is 64.2 Å². The third kappa shape index (κ3) is 10.5. The summed E-state index contributed by atoms with van der Waals surface area (Å²) in [5.41, 5.74) is -0.799. The summed E-state index contributed by atoms with van der Waals surface area (Å²) < 4.78 is 0. The van der Waals surface area contributed by atoms with Gasteiger partial charge in [0, 0.05) is 18.6 Å². The first-order valence-corrected chi connectivity index (χ1v) is 18.9. The van der Waals surface area contributed by atoms with Gasteiger partial charge in [-0.3, -0.25) is 19.2 Å². The number of ketones is 1. The number of fused-ring (bicyclic) bond motifs is 1. The predicted molar refractivity (Wildman–Crippen MR) is 195 cm³/mol. The number of nitrogens with zero attached hydrogens (tertiary/aromatic N) is 1. The molecule has 1 aliphatic heterocycles. The number of nitrogens with one attached hydrogen (secondary N) is 4. The number of hydrogen-bond acceptors (Lipinski definition) is 5. The quantitative estimate of drug-likeness (QED) is 0.131. The molecule has 4 N–H and O–H groups in total. The highest BCUT2D eigenvalue weighted by Crippen LogP contribution is 2.53. The minimum atomic E-state index is -1.000. The van der Waals surface area contributed by atoms with Gasteiger partial charge in [-0.15, -0.1) is 6.58 Å². The molecule has 5 amide bonds. The number of amides is 5. The smallest absolute Gasteiger partial charge is 0.315 e. The molecule has 1 saturated heterocycles. The molecule has 0 radical (unpaired) electrons. The molecule has 0 aromatic rings. The minimum absolute atomic E-state index is 0.0795. The Morgan fingerprint density at radius 2 is 1.61 bits per heavy atom. The Balaban J connectivity index is 1.86. The molecular formula is C39H67N5O5. The number of carbonyl (C=O) groups excluding carboxylic acids is 5. The number of hydrogen-bond donors (Lipinski definition) is 4. The van der Waals surface area contributed by atoms with Gasteiger partial charge in [-0.05, 0) is 73.0 Å². The fourth-order valence-electron chi connectivity index (χ4n) is 8.46. The van der Waals surface area contributed by atoms with Crippen molar-refractivity contribution in [1.82, 2.24) is 26.2 Å². The highest BCUT2D eigenvalue weighted by Gasteiger charge is 2.57. The van der Waals surface area contributed by atoms with Crippen LogP contribution in [0.3, 0.4) is 0 Å². The second-order valence-corrected chi connectivity index (χ2v) is 18.1. The zero-order chi connectivity index (χ0) is 36.8. The van der Waals surface area contributed by atoms with Crippen LogP contribution in [0, 0.1) is 28.1 Å². The summed E-state index contributed by atoms with van der Waals surface area (Å²) in [5, 5.41) is 11.8. The predicted octanol–water partition coefficient (Wildman–Crippen LogP) is 6.04. The van der Waals surface area contributed by atoms with Crippen molar-refractivity contribution in [3.63, 3.8) is 0 Å². The first-order valence-electron chi connectivity index (χ1n) is 18.9. The largest absolute Gasteiger partial charge is 0.346 e. The van der Waals surface area contributed by atoms with Crippen molar-refractivity contribution in [3.8, 4) is 0 Å². The molecule has 1 heterocycles. The topological polar surface area (TPSA) is 137 Å². The molecule has 2 saturated carbocycles. The van der Waals surface area contributed by atoms with E-state index in [-0.39, 0.29) is 46.7 Å². The Morgan fingerprint density at radius 1 is 0.959 bits per heavy atom. The fraction of sp³-hybridized carbons (Fsp3) is 0.821. The normalized spacial score (nSPS) is 24.3. The molecular weight excluding hydrogens is 618 g/mol. The Bertz CT molecular complexity index is 1210. The van der Waals surface area contributed by atoms with Crippen molar-refractivity contribution in [3.05, 3.63) is 12.7 Å². The van der Waals surface area contributed by atoms with Gasteiger partial charge < -0.3 is 26.2 Å². The number of Topliss-reactive ketones (excluding diaryl/α,β-unsaturated/α-hetero) is 1.